The topological polar surface area (TPSA) is 0 Å². The van der Waals surface area contributed by atoms with Crippen LogP contribution in [0, 0.1) is 0 Å². The Morgan fingerprint density at radius 3 is 2.21 bits per heavy atom. The molecule has 2 heteroatoms. The summed E-state index contributed by atoms with van der Waals surface area (Å²) < 4.78 is 0.871. The molecule has 24 heavy (non-hydrogen) atoms. The average Bonchev–Trinajstić information content (AvgIpc) is 2.78. The van der Waals surface area contributed by atoms with Crippen molar-refractivity contribution < 1.29 is 0 Å². The number of allylic oxidation sites excluding steroid dienone is 2. The summed E-state index contributed by atoms with van der Waals surface area (Å²) >= 11 is 0. The van der Waals surface area contributed by atoms with Gasteiger partial charge in [-0.05, 0) is 23.8 Å². The third kappa shape index (κ3) is 2.42. The molecule has 0 radical (unpaired) electrons. The molecule has 3 aromatic rings. The average molecular weight is 381 g/mol. The van der Waals surface area contributed by atoms with E-state index in [0.717, 1.165) is 11.0 Å². The second kappa shape index (κ2) is 6.19. The van der Waals surface area contributed by atoms with E-state index in [9.17, 15) is 0 Å². The van der Waals surface area contributed by atoms with E-state index in [1.54, 1.807) is 0 Å². The van der Waals surface area contributed by atoms with Gasteiger partial charge in [0.2, 0.25) is 0 Å². The summed E-state index contributed by atoms with van der Waals surface area (Å²) in [5, 5.41) is 2.70. The number of benzene rings is 3. The van der Waals surface area contributed by atoms with Crippen molar-refractivity contribution in [1.82, 2.24) is 4.48 Å². The van der Waals surface area contributed by atoms with Crippen LogP contribution >= 0.6 is 17.0 Å². The zero-order chi connectivity index (χ0) is 16.0. The van der Waals surface area contributed by atoms with Gasteiger partial charge in [0.25, 0.3) is 0 Å². The van der Waals surface area contributed by atoms with Gasteiger partial charge in [-0.2, -0.15) is 0 Å². The number of nitrogens with zero attached hydrogens (tertiary/aromatic N) is 1. The molecule has 4 rings (SSSR count). The van der Waals surface area contributed by atoms with Crippen LogP contribution in [0.4, 0.5) is 5.69 Å². The van der Waals surface area contributed by atoms with Crippen molar-refractivity contribution in [2.45, 2.75) is 20.4 Å². The highest BCUT2D eigenvalue weighted by Crippen LogP contribution is 2.47. The van der Waals surface area contributed by atoms with Crippen molar-refractivity contribution in [3.8, 4) is 0 Å². The second-order valence-electron chi connectivity index (χ2n) is 6.73. The van der Waals surface area contributed by atoms with Crippen LogP contribution in [0.25, 0.3) is 16.3 Å². The number of halogens is 1. The van der Waals surface area contributed by atoms with Crippen LogP contribution < -0.4 is 4.48 Å². The Balaban J connectivity index is 0.00000169. The van der Waals surface area contributed by atoms with Crippen LogP contribution in [-0.4, -0.2) is 7.05 Å². The first-order valence-electron chi connectivity index (χ1n) is 8.21. The van der Waals surface area contributed by atoms with Gasteiger partial charge < -0.3 is 0 Å². The molecule has 0 aromatic heterocycles. The van der Waals surface area contributed by atoms with Gasteiger partial charge in [0.15, 0.2) is 0 Å². The molecular weight excluding hydrogens is 358 g/mol. The van der Waals surface area contributed by atoms with E-state index in [2.05, 4.69) is 87.6 Å². The Bertz CT molecular complexity index is 927. The third-order valence-corrected chi connectivity index (χ3v) is 5.44. The van der Waals surface area contributed by atoms with Gasteiger partial charge in [0.05, 0.1) is 12.6 Å². The Hall–Kier alpha value is -1.90. The minimum absolute atomic E-state index is 0. The zero-order valence-electron chi connectivity index (χ0n) is 14.4. The van der Waals surface area contributed by atoms with E-state index in [1.807, 2.05) is 0 Å². The van der Waals surface area contributed by atoms with Crippen LogP contribution in [0.15, 0.2) is 72.4 Å². The summed E-state index contributed by atoms with van der Waals surface area (Å²) in [5.41, 5.74) is 7.10. The summed E-state index contributed by atoms with van der Waals surface area (Å²) in [7, 11) is 2.34. The standard InChI is InChI=1S/C22H22N.BrH/c1-16-17(2)23(3,15-18-9-5-4-6-10-18)21-14-13-19-11-7-8-12-20(19)22(16)21;/h4-14H,15H2,1-3H3;1H/q+1;. The van der Waals surface area contributed by atoms with Gasteiger partial charge in [-0.25, -0.2) is 0 Å². The first-order valence-corrected chi connectivity index (χ1v) is 8.21. The lowest BCUT2D eigenvalue weighted by molar-refractivity contribution is 0.411. The van der Waals surface area contributed by atoms with Crippen molar-refractivity contribution in [3.63, 3.8) is 0 Å². The predicted octanol–water partition coefficient (Wildman–Crippen LogP) is 6.32. The fourth-order valence-electron chi connectivity index (χ4n) is 3.95. The minimum atomic E-state index is 0. The maximum Gasteiger partial charge on any atom is 0.146 e. The highest BCUT2D eigenvalue weighted by molar-refractivity contribution is 8.93. The molecule has 122 valence electrons. The fourth-order valence-corrected chi connectivity index (χ4v) is 3.95. The van der Waals surface area contributed by atoms with Crippen LogP contribution in [0.3, 0.4) is 0 Å². The van der Waals surface area contributed by atoms with Crippen LogP contribution in [-0.2, 0) is 6.54 Å². The normalized spacial score (nSPS) is 19.3. The molecule has 1 aliphatic rings. The smallest absolute Gasteiger partial charge is 0.146 e. The molecule has 1 nitrogen and oxygen atoms in total. The van der Waals surface area contributed by atoms with Gasteiger partial charge in [0, 0.05) is 24.1 Å². The molecule has 1 aliphatic heterocycles. The molecular formula is C22H23BrN+. The number of quaternary nitrogens is 1. The van der Waals surface area contributed by atoms with Crippen molar-refractivity contribution in [2.24, 2.45) is 0 Å². The molecule has 3 aromatic carbocycles. The monoisotopic (exact) mass is 380 g/mol. The molecule has 1 atom stereocenters. The van der Waals surface area contributed by atoms with Crippen molar-refractivity contribution >= 4 is 39.0 Å². The van der Waals surface area contributed by atoms with E-state index in [4.69, 9.17) is 0 Å². The Kier molecular flexibility index (Phi) is 4.37. The Morgan fingerprint density at radius 1 is 0.792 bits per heavy atom. The minimum Gasteiger partial charge on any atom is -0.260 e. The van der Waals surface area contributed by atoms with Gasteiger partial charge in [-0.15, -0.1) is 17.0 Å². The fraction of sp³-hybridized carbons (Fsp3) is 0.182. The molecule has 0 aliphatic carbocycles. The SMILES string of the molecule is Br.CC1=C(C)[N+](C)(Cc2ccccc2)c2ccc3ccccc3c21. The molecule has 1 unspecified atom stereocenters. The van der Waals surface area contributed by atoms with E-state index in [1.165, 1.54) is 38.9 Å². The Morgan fingerprint density at radius 2 is 1.46 bits per heavy atom. The maximum atomic E-state index is 2.34. The van der Waals surface area contributed by atoms with Gasteiger partial charge in [-0.1, -0.05) is 54.6 Å². The molecule has 0 saturated heterocycles. The highest BCUT2D eigenvalue weighted by atomic mass is 79.9. The van der Waals surface area contributed by atoms with E-state index in [0.29, 0.717) is 0 Å². The van der Waals surface area contributed by atoms with Crippen molar-refractivity contribution in [2.75, 3.05) is 7.05 Å². The second-order valence-corrected chi connectivity index (χ2v) is 6.73. The lowest BCUT2D eigenvalue weighted by Crippen LogP contribution is -2.40. The Labute approximate surface area is 154 Å². The van der Waals surface area contributed by atoms with Crippen LogP contribution in [0.1, 0.15) is 25.0 Å². The maximum absolute atomic E-state index is 2.34. The van der Waals surface area contributed by atoms with Crippen LogP contribution in [0.5, 0.6) is 0 Å². The lowest BCUT2D eigenvalue weighted by Gasteiger charge is -2.31. The molecule has 0 amide bonds. The first-order chi connectivity index (χ1) is 11.1. The zero-order valence-corrected chi connectivity index (χ0v) is 16.1. The summed E-state index contributed by atoms with van der Waals surface area (Å²) in [5.74, 6) is 0. The van der Waals surface area contributed by atoms with E-state index in [-0.39, 0.29) is 17.0 Å². The lowest BCUT2D eigenvalue weighted by atomic mass is 9.99. The molecule has 0 saturated carbocycles. The number of rotatable bonds is 2. The van der Waals surface area contributed by atoms with E-state index >= 15 is 0 Å². The molecule has 0 fully saturated rings. The molecule has 0 bridgehead atoms. The molecule has 0 spiro atoms. The highest BCUT2D eigenvalue weighted by Gasteiger charge is 2.39. The summed E-state index contributed by atoms with van der Waals surface area (Å²) in [6, 6.07) is 24.1. The van der Waals surface area contributed by atoms with Gasteiger partial charge in [0.1, 0.15) is 17.9 Å². The number of fused-ring (bicyclic) bond motifs is 3. The van der Waals surface area contributed by atoms with E-state index < -0.39 is 0 Å². The molecule has 1 heterocycles. The molecule has 0 N–H and O–H groups in total. The summed E-state index contributed by atoms with van der Waals surface area (Å²) in [6.07, 6.45) is 0. The predicted molar refractivity (Wildman–Crippen MR) is 110 cm³/mol. The number of hydrogen-bond acceptors (Lipinski definition) is 0. The van der Waals surface area contributed by atoms with Crippen molar-refractivity contribution in [1.29, 1.82) is 0 Å². The third-order valence-electron chi connectivity index (χ3n) is 5.44. The van der Waals surface area contributed by atoms with Gasteiger partial charge >= 0.3 is 0 Å². The number of hydrogen-bond donors (Lipinski definition) is 0. The van der Waals surface area contributed by atoms with Crippen LogP contribution in [0.2, 0.25) is 0 Å². The quantitative estimate of drug-likeness (QED) is 0.456. The largest absolute Gasteiger partial charge is 0.260 e. The first kappa shape index (κ1) is 16.9. The van der Waals surface area contributed by atoms with Gasteiger partial charge in [-0.3, -0.25) is 4.48 Å². The summed E-state index contributed by atoms with van der Waals surface area (Å²) in [6.45, 7) is 5.55. The summed E-state index contributed by atoms with van der Waals surface area (Å²) in [4.78, 5) is 0. The van der Waals surface area contributed by atoms with Crippen molar-refractivity contribution in [3.05, 3.63) is 83.6 Å².